The summed E-state index contributed by atoms with van der Waals surface area (Å²) in [6, 6.07) is 0. The van der Waals surface area contributed by atoms with Crippen LogP contribution in [0.3, 0.4) is 0 Å². The lowest BCUT2D eigenvalue weighted by Crippen LogP contribution is -2.64. The Morgan fingerprint density at radius 3 is 1.98 bits per heavy atom. The van der Waals surface area contributed by atoms with E-state index in [1.807, 2.05) is 6.08 Å². The molecule has 0 radical (unpaired) electrons. The molecule has 2 aliphatic heterocycles. The Kier molecular flexibility index (Phi) is 12.9. The van der Waals surface area contributed by atoms with Crippen molar-refractivity contribution in [1.82, 2.24) is 0 Å². The van der Waals surface area contributed by atoms with E-state index in [-0.39, 0.29) is 39.9 Å². The van der Waals surface area contributed by atoms with Crippen LogP contribution in [0.15, 0.2) is 11.6 Å². The first kappa shape index (κ1) is 45.7. The second kappa shape index (κ2) is 16.1. The molecule has 0 amide bonds. The lowest BCUT2D eigenvalue weighted by Gasteiger charge is -2.67. The summed E-state index contributed by atoms with van der Waals surface area (Å²) in [5.41, 5.74) is -1.53. The highest BCUT2D eigenvalue weighted by molar-refractivity contribution is 5.33. The zero-order valence-corrected chi connectivity index (χ0v) is 34.9. The van der Waals surface area contributed by atoms with Crippen LogP contribution in [0.5, 0.6) is 0 Å². The minimum absolute atomic E-state index is 0.0283. The average molecular weight is 817 g/mol. The minimum atomic E-state index is -1.68. The van der Waals surface area contributed by atoms with Gasteiger partial charge < -0.3 is 75.1 Å². The highest BCUT2D eigenvalue weighted by Crippen LogP contribution is 2.75. The summed E-state index contributed by atoms with van der Waals surface area (Å²) in [5, 5.41) is 117. The molecule has 2 unspecified atom stereocenters. The Bertz CT molecular complexity index is 1440. The largest absolute Gasteiger partial charge is 0.394 e. The monoisotopic (exact) mass is 816 g/mol. The molecule has 0 aromatic carbocycles. The first-order valence-corrected chi connectivity index (χ1v) is 21.1. The van der Waals surface area contributed by atoms with Crippen molar-refractivity contribution >= 4 is 0 Å². The third-order valence-electron chi connectivity index (χ3n) is 16.4. The molecule has 57 heavy (non-hydrogen) atoms. The first-order chi connectivity index (χ1) is 26.3. The number of aliphatic hydroxyl groups is 11. The maximum Gasteiger partial charge on any atom is 0.187 e. The number of hydrogen-bond acceptors (Lipinski definition) is 15. The molecular formula is C42H72O15. The zero-order chi connectivity index (χ0) is 42.4. The Hall–Kier alpha value is -0.860. The first-order valence-electron chi connectivity index (χ1n) is 21.1. The molecule has 4 aliphatic carbocycles. The second-order valence-electron chi connectivity index (χ2n) is 20.5. The van der Waals surface area contributed by atoms with Crippen LogP contribution in [0.4, 0.5) is 0 Å². The van der Waals surface area contributed by atoms with Gasteiger partial charge in [-0.25, -0.2) is 0 Å². The summed E-state index contributed by atoms with van der Waals surface area (Å²) in [6.45, 7) is 15.2. The summed E-state index contributed by atoms with van der Waals surface area (Å²) >= 11 is 0. The molecule has 5 fully saturated rings. The lowest BCUT2D eigenvalue weighted by atomic mass is 9.38. The van der Waals surface area contributed by atoms with Gasteiger partial charge in [0.2, 0.25) is 0 Å². The van der Waals surface area contributed by atoms with Crippen molar-refractivity contribution in [2.45, 2.75) is 192 Å². The molecule has 21 atom stereocenters. The molecule has 2 saturated heterocycles. The van der Waals surface area contributed by atoms with Crippen LogP contribution in [-0.2, 0) is 18.9 Å². The van der Waals surface area contributed by atoms with E-state index in [4.69, 9.17) is 18.9 Å². The van der Waals surface area contributed by atoms with E-state index in [0.29, 0.717) is 12.8 Å². The van der Waals surface area contributed by atoms with Gasteiger partial charge in [0, 0.05) is 11.3 Å². The molecule has 0 aromatic rings. The maximum atomic E-state index is 12.3. The molecule has 0 bridgehead atoms. The Balaban J connectivity index is 1.17. The van der Waals surface area contributed by atoms with Gasteiger partial charge in [-0.1, -0.05) is 53.2 Å². The molecule has 6 rings (SSSR count). The Morgan fingerprint density at radius 2 is 1.37 bits per heavy atom. The fourth-order valence-electron chi connectivity index (χ4n) is 12.8. The Morgan fingerprint density at radius 1 is 0.772 bits per heavy atom. The predicted molar refractivity (Wildman–Crippen MR) is 204 cm³/mol. The van der Waals surface area contributed by atoms with Gasteiger partial charge in [-0.05, 0) is 92.8 Å². The second-order valence-corrected chi connectivity index (χ2v) is 20.5. The van der Waals surface area contributed by atoms with Gasteiger partial charge in [0.15, 0.2) is 12.6 Å². The van der Waals surface area contributed by atoms with E-state index in [0.717, 1.165) is 37.7 Å². The lowest BCUT2D eigenvalue weighted by molar-refractivity contribution is -0.340. The van der Waals surface area contributed by atoms with Gasteiger partial charge >= 0.3 is 0 Å². The molecule has 3 saturated carbocycles. The predicted octanol–water partition coefficient (Wildman–Crippen LogP) is 0.0906. The average Bonchev–Trinajstić information content (AvgIpc) is 3.41. The molecule has 11 N–H and O–H groups in total. The van der Waals surface area contributed by atoms with E-state index < -0.39 is 110 Å². The van der Waals surface area contributed by atoms with Crippen molar-refractivity contribution in [3.63, 3.8) is 0 Å². The van der Waals surface area contributed by atoms with Crippen LogP contribution in [0.25, 0.3) is 0 Å². The molecule has 0 spiro atoms. The summed E-state index contributed by atoms with van der Waals surface area (Å²) < 4.78 is 23.5. The zero-order valence-electron chi connectivity index (χ0n) is 34.9. The maximum absolute atomic E-state index is 12.3. The number of fused-ring (bicyclic) bond motifs is 5. The summed E-state index contributed by atoms with van der Waals surface area (Å²) in [5.74, 6) is 0.463. The number of aliphatic hydroxyl groups excluding tert-OH is 10. The standard InChI is InChI=1S/C42H72O15/c1-19(15-24(45)35(52)39(4,5)53)20-11-12-42(8)34-23(44)16-22-21(40(34,6)13-14-41(20,42)7)9-10-27(38(22,2)3)57-37-33(51)31(49)29(47)26(56-37)18-54-36-32(50)30(48)28(46)25(17-43)55-36/h16,19-21,23-37,43-53H,9-15,17-18H2,1-8H3/t19-,20-,21-,23+,24?,25-,26-,27+,28-,29-,30+,31+,32-,33-,34-,35?,36-,37+,40+,41-,42+/m1/s1. The van der Waals surface area contributed by atoms with Crippen molar-refractivity contribution in [3.05, 3.63) is 11.6 Å². The summed E-state index contributed by atoms with van der Waals surface area (Å²) in [6.07, 6.45) is -11.2. The van der Waals surface area contributed by atoms with Crippen molar-refractivity contribution < 1.29 is 75.1 Å². The highest BCUT2D eigenvalue weighted by Gasteiger charge is 2.69. The summed E-state index contributed by atoms with van der Waals surface area (Å²) in [4.78, 5) is 0. The van der Waals surface area contributed by atoms with Crippen molar-refractivity contribution in [1.29, 1.82) is 0 Å². The molecule has 15 heteroatoms. The number of hydrogen-bond donors (Lipinski definition) is 11. The van der Waals surface area contributed by atoms with Gasteiger partial charge in [0.25, 0.3) is 0 Å². The smallest absolute Gasteiger partial charge is 0.187 e. The Labute approximate surface area is 336 Å². The minimum Gasteiger partial charge on any atom is -0.394 e. The SMILES string of the molecule is C[C@H](CC(O)C(O)C(C)(C)O)[C@H]1CC[C@@]2(C)[C@@H]3[C@@H](O)C=C4[C@@H](CC[C@H](O[C@@H]5O[C@H](CO[C@@H]6O[C@H](CO)[C@@H](O)[C@H](O)[C@H]6O)[C@@H](O)[C@H](O)[C@H]5O)C4(C)C)[C@]3(C)CC[C@]12C. The highest BCUT2D eigenvalue weighted by atomic mass is 16.7. The van der Waals surface area contributed by atoms with E-state index >= 15 is 0 Å². The quantitative estimate of drug-likeness (QED) is 0.124. The van der Waals surface area contributed by atoms with Gasteiger partial charge in [0.1, 0.15) is 54.9 Å². The van der Waals surface area contributed by atoms with Crippen molar-refractivity contribution in [2.75, 3.05) is 13.2 Å². The van der Waals surface area contributed by atoms with Crippen LogP contribution < -0.4 is 0 Å². The number of ether oxygens (including phenoxy) is 4. The fourth-order valence-corrected chi connectivity index (χ4v) is 12.8. The van der Waals surface area contributed by atoms with Crippen molar-refractivity contribution in [2.24, 2.45) is 45.3 Å². The van der Waals surface area contributed by atoms with Crippen LogP contribution in [0.2, 0.25) is 0 Å². The molecule has 2 heterocycles. The van der Waals surface area contributed by atoms with Gasteiger partial charge in [0.05, 0.1) is 37.1 Å². The van der Waals surface area contributed by atoms with Gasteiger partial charge in [-0.2, -0.15) is 0 Å². The van der Waals surface area contributed by atoms with Gasteiger partial charge in [-0.15, -0.1) is 0 Å². The van der Waals surface area contributed by atoms with Crippen molar-refractivity contribution in [3.8, 4) is 0 Å². The van der Waals surface area contributed by atoms with E-state index in [9.17, 15) is 56.2 Å². The fraction of sp³-hybridized carbons (Fsp3) is 0.952. The third kappa shape index (κ3) is 7.60. The van der Waals surface area contributed by atoms with E-state index in [2.05, 4.69) is 41.5 Å². The van der Waals surface area contributed by atoms with E-state index in [1.54, 1.807) is 0 Å². The molecule has 6 aliphatic rings. The van der Waals surface area contributed by atoms with Crippen LogP contribution in [-0.4, -0.2) is 161 Å². The third-order valence-corrected chi connectivity index (χ3v) is 16.4. The molecule has 15 nitrogen and oxygen atoms in total. The van der Waals surface area contributed by atoms with Crippen LogP contribution in [0, 0.1) is 45.3 Å². The topological polar surface area (TPSA) is 259 Å². The van der Waals surface area contributed by atoms with Crippen LogP contribution in [0.1, 0.15) is 100 Å². The summed E-state index contributed by atoms with van der Waals surface area (Å²) in [7, 11) is 0. The normalized spacial score (nSPS) is 50.2. The molecule has 330 valence electrons. The van der Waals surface area contributed by atoms with E-state index in [1.165, 1.54) is 13.8 Å². The molecular weight excluding hydrogens is 744 g/mol. The van der Waals surface area contributed by atoms with Crippen LogP contribution >= 0.6 is 0 Å². The number of rotatable bonds is 11. The molecule has 0 aromatic heterocycles. The van der Waals surface area contributed by atoms with Gasteiger partial charge in [-0.3, -0.25) is 0 Å².